The van der Waals surface area contributed by atoms with E-state index in [0.29, 0.717) is 178 Å². The van der Waals surface area contributed by atoms with Gasteiger partial charge in [-0.25, -0.2) is 9.69 Å². The van der Waals surface area contributed by atoms with Gasteiger partial charge in [-0.1, -0.05) is 56.2 Å². The number of aliphatic hydroxyl groups excluding tert-OH is 1. The Balaban J connectivity index is 0.000000360. The molecule has 2 N–H and O–H groups in total. The molecule has 3 aromatic carbocycles. The molecule has 29 heteroatoms. The van der Waals surface area contributed by atoms with Gasteiger partial charge in [0.2, 0.25) is 5.91 Å². The molecule has 0 bridgehead atoms. The summed E-state index contributed by atoms with van der Waals surface area (Å²) in [5, 5.41) is 14.6. The molecular formula is C80H110N6O23. The summed E-state index contributed by atoms with van der Waals surface area (Å²) < 4.78 is 72.7. The Bertz CT molecular complexity index is 3610. The monoisotopic (exact) mass is 1520 g/mol. The number of imide groups is 1. The first-order chi connectivity index (χ1) is 52.6. The molecule has 0 aliphatic carbocycles. The number of unbranched alkanes of at least 4 members (excludes halogenated alkanes) is 2. The first-order valence-corrected chi connectivity index (χ1v) is 37.6. The summed E-state index contributed by atoms with van der Waals surface area (Å²) in [6.07, 6.45) is 10.7. The molecule has 0 aromatic heterocycles. The molecule has 109 heavy (non-hydrogen) atoms. The van der Waals surface area contributed by atoms with E-state index in [1.165, 1.54) is 50.3 Å². The number of anilines is 1. The van der Waals surface area contributed by atoms with E-state index in [4.69, 9.17) is 61.6 Å². The highest BCUT2D eigenvalue weighted by molar-refractivity contribution is 6.13. The van der Waals surface area contributed by atoms with Gasteiger partial charge in [0.05, 0.1) is 161 Å². The molecular weight excluding hydrogens is 1410 g/mol. The zero-order chi connectivity index (χ0) is 78.6. The minimum absolute atomic E-state index is 0.00247. The SMILES string of the molecule is CCCOCCOCCOCCOCCOCCOCCOCCOCCCC(=O)CCN1C(=O)C=CC1=O.COc1cc2c(cc1OCCCCCOc1cc3c(cc1OC)C(=O)N1C=C(C)C[C@H]1[C@H](O)N3C(=O)OCc1ccc(CC(=O)[C@H](C)NC(=O)[C@@H](CC(C)=O)C(C)C)cc1)N=C[C@@H]1CC(C)=CN1C2=O. The van der Waals surface area contributed by atoms with E-state index in [0.717, 1.165) is 40.4 Å². The van der Waals surface area contributed by atoms with Gasteiger partial charge in [0, 0.05) is 94.3 Å². The molecule has 0 saturated carbocycles. The predicted octanol–water partition coefficient (Wildman–Crippen LogP) is 8.82. The quantitative estimate of drug-likeness (QED) is 0.0393. The molecule has 6 amide bonds. The molecule has 5 aliphatic heterocycles. The lowest BCUT2D eigenvalue weighted by molar-refractivity contribution is -0.137. The first-order valence-electron chi connectivity index (χ1n) is 37.6. The van der Waals surface area contributed by atoms with Gasteiger partial charge in [0.25, 0.3) is 23.6 Å². The lowest BCUT2D eigenvalue weighted by atomic mass is 9.89. The van der Waals surface area contributed by atoms with Crippen LogP contribution in [0.2, 0.25) is 0 Å². The number of aliphatic imine (C=N–C) groups is 1. The summed E-state index contributed by atoms with van der Waals surface area (Å²) in [6, 6.07) is 11.7. The minimum atomic E-state index is -1.48. The molecule has 3 aromatic rings. The summed E-state index contributed by atoms with van der Waals surface area (Å²) in [5.74, 6) is -1.08. The standard InChI is InChI=1S/C53H63N5O12.C27H47NO11/c1-30(2)38(20-33(5)59)49(61)55-34(6)44(60)21-35-12-14-36(15-13-35)29-70-53(65)58-42-25-48(46(67-8)23-40(42)51(63)57-28-32(4)19-43(57)52(58)64)69-17-11-9-10-16-68-47-24-41-39(22-45(47)66-7)50(62)56-27-31(3)18-37(56)26-54-41;1-2-9-32-11-13-34-15-17-36-19-21-38-23-24-39-22-20-37-18-16-35-14-12-33-10-3-4-25(29)7-8-28-26(30)5-6-27(28)31/h12-15,22-28,30,34,37-38,43,52,64H,9-11,16-21,29H2,1-8H3,(H,55,61);5-6H,2-4,7-24H2,1H3/t34-,37-,38-,43-,52-;/m0./s1. The number of methoxy groups -OCH3 is 2. The van der Waals surface area contributed by atoms with Gasteiger partial charge in [0.1, 0.15) is 18.2 Å². The Morgan fingerprint density at radius 3 is 1.63 bits per heavy atom. The van der Waals surface area contributed by atoms with Crippen LogP contribution in [-0.2, 0) is 84.4 Å². The fourth-order valence-electron chi connectivity index (χ4n) is 12.3. The highest BCUT2D eigenvalue weighted by Crippen LogP contribution is 2.43. The number of nitrogens with one attached hydrogen (secondary N) is 1. The molecule has 8 rings (SSSR count). The van der Waals surface area contributed by atoms with Gasteiger partial charge in [-0.2, -0.15) is 0 Å². The highest BCUT2D eigenvalue weighted by Gasteiger charge is 2.45. The maximum Gasteiger partial charge on any atom is 0.416 e. The van der Waals surface area contributed by atoms with E-state index in [9.17, 15) is 48.3 Å². The number of Topliss-reactive ketones (excluding diaryl/α,β-unsaturated/α-hetero) is 3. The molecule has 5 aliphatic rings. The number of rotatable bonds is 50. The van der Waals surface area contributed by atoms with Crippen LogP contribution in [0.1, 0.15) is 145 Å². The van der Waals surface area contributed by atoms with Crippen molar-refractivity contribution in [1.82, 2.24) is 20.0 Å². The van der Waals surface area contributed by atoms with Crippen molar-refractivity contribution >= 4 is 70.6 Å². The van der Waals surface area contributed by atoms with Crippen molar-refractivity contribution in [3.05, 3.63) is 106 Å². The van der Waals surface area contributed by atoms with Gasteiger partial charge in [-0.05, 0) is 102 Å². The van der Waals surface area contributed by atoms with Crippen molar-refractivity contribution < 1.29 is 110 Å². The van der Waals surface area contributed by atoms with Gasteiger partial charge in [-0.15, -0.1) is 0 Å². The van der Waals surface area contributed by atoms with Crippen LogP contribution < -0.4 is 29.2 Å². The molecule has 5 heterocycles. The number of carbonyl (C=O) groups excluding carboxylic acids is 9. The van der Waals surface area contributed by atoms with Crippen LogP contribution in [0.4, 0.5) is 16.2 Å². The molecule has 598 valence electrons. The zero-order valence-corrected chi connectivity index (χ0v) is 64.6. The lowest BCUT2D eigenvalue weighted by Crippen LogP contribution is -2.50. The first kappa shape index (κ1) is 87.4. The molecule has 0 unspecified atom stereocenters. The lowest BCUT2D eigenvalue weighted by Gasteiger charge is -2.31. The van der Waals surface area contributed by atoms with Crippen molar-refractivity contribution in [3.8, 4) is 23.0 Å². The van der Waals surface area contributed by atoms with Crippen LogP contribution in [0.5, 0.6) is 23.0 Å². The van der Waals surface area contributed by atoms with Gasteiger partial charge < -0.3 is 86.6 Å². The summed E-state index contributed by atoms with van der Waals surface area (Å²) in [6.45, 7) is 21.6. The Kier molecular flexibility index (Phi) is 37.4. The average Bonchev–Trinajstić information content (AvgIpc) is 1.62. The number of ether oxygens (including phenoxy) is 13. The van der Waals surface area contributed by atoms with Crippen LogP contribution in [0.15, 0.2) is 89.2 Å². The van der Waals surface area contributed by atoms with E-state index >= 15 is 0 Å². The third-order valence-electron chi connectivity index (χ3n) is 18.2. The third kappa shape index (κ3) is 27.9. The van der Waals surface area contributed by atoms with Gasteiger partial charge >= 0.3 is 6.09 Å². The van der Waals surface area contributed by atoms with Crippen molar-refractivity contribution in [2.75, 3.05) is 145 Å². The number of ketones is 3. The smallest absolute Gasteiger partial charge is 0.416 e. The molecule has 0 radical (unpaired) electrons. The number of carbonyl (C=O) groups is 9. The van der Waals surface area contributed by atoms with Gasteiger partial charge in [0.15, 0.2) is 35.0 Å². The van der Waals surface area contributed by atoms with Crippen LogP contribution in [0, 0.1) is 11.8 Å². The number of benzene rings is 3. The van der Waals surface area contributed by atoms with Gasteiger partial charge in [-0.3, -0.25) is 43.5 Å². The second-order valence-corrected chi connectivity index (χ2v) is 27.2. The van der Waals surface area contributed by atoms with E-state index in [2.05, 4.69) is 17.2 Å². The van der Waals surface area contributed by atoms with Crippen molar-refractivity contribution in [2.45, 2.75) is 150 Å². The zero-order valence-electron chi connectivity index (χ0n) is 64.6. The maximum atomic E-state index is 14.1. The largest absolute Gasteiger partial charge is 0.493 e. The fraction of sp³-hybridized carbons (Fsp3) is 0.575. The summed E-state index contributed by atoms with van der Waals surface area (Å²) in [5.41, 5.74) is 4.43. The summed E-state index contributed by atoms with van der Waals surface area (Å²) in [4.78, 5) is 124. The van der Waals surface area contributed by atoms with E-state index in [-0.39, 0.29) is 115 Å². The Morgan fingerprint density at radius 2 is 1.09 bits per heavy atom. The van der Waals surface area contributed by atoms with Crippen LogP contribution in [0.3, 0.4) is 0 Å². The summed E-state index contributed by atoms with van der Waals surface area (Å²) >= 11 is 0. The molecule has 29 nitrogen and oxygen atoms in total. The molecule has 0 fully saturated rings. The van der Waals surface area contributed by atoms with Crippen LogP contribution in [-0.4, -0.2) is 243 Å². The average molecular weight is 1520 g/mol. The normalized spacial score (nSPS) is 16.9. The summed E-state index contributed by atoms with van der Waals surface area (Å²) in [7, 11) is 2.98. The molecule has 0 saturated heterocycles. The van der Waals surface area contributed by atoms with Crippen molar-refractivity contribution in [1.29, 1.82) is 0 Å². The van der Waals surface area contributed by atoms with E-state index in [1.807, 2.05) is 33.9 Å². The van der Waals surface area contributed by atoms with Crippen LogP contribution in [0.25, 0.3) is 0 Å². The number of fused-ring (bicyclic) bond motifs is 4. The second kappa shape index (κ2) is 46.7. The molecule has 0 spiro atoms. The Morgan fingerprint density at radius 1 is 0.587 bits per heavy atom. The molecule has 5 atom stereocenters. The topological polar surface area (TPSA) is 331 Å². The minimum Gasteiger partial charge on any atom is -0.493 e. The Hall–Kier alpha value is -8.78. The number of hydrogen-bond donors (Lipinski definition) is 2. The number of nitrogens with zero attached hydrogens (tertiary/aromatic N) is 5. The van der Waals surface area contributed by atoms with Crippen LogP contribution >= 0.6 is 0 Å². The highest BCUT2D eigenvalue weighted by atomic mass is 16.6. The van der Waals surface area contributed by atoms with E-state index in [1.54, 1.807) is 60.6 Å². The fourth-order valence-corrected chi connectivity index (χ4v) is 12.3. The predicted molar refractivity (Wildman–Crippen MR) is 402 cm³/mol. The Labute approximate surface area is 638 Å². The second-order valence-electron chi connectivity index (χ2n) is 27.2. The third-order valence-corrected chi connectivity index (χ3v) is 18.2. The number of hydrogen-bond acceptors (Lipinski definition) is 24. The number of aliphatic hydroxyl groups is 1. The maximum absolute atomic E-state index is 14.1. The van der Waals surface area contributed by atoms with Crippen molar-refractivity contribution in [3.63, 3.8) is 0 Å². The van der Waals surface area contributed by atoms with E-state index < -0.39 is 36.2 Å². The number of amides is 6. The van der Waals surface area contributed by atoms with Crippen molar-refractivity contribution in [2.24, 2.45) is 16.8 Å².